The first kappa shape index (κ1) is 22.1. The van der Waals surface area contributed by atoms with E-state index < -0.39 is 0 Å². The zero-order valence-corrected chi connectivity index (χ0v) is 19.3. The minimum absolute atomic E-state index is 0.298. The summed E-state index contributed by atoms with van der Waals surface area (Å²) in [5.74, 6) is 1.18. The second kappa shape index (κ2) is 10.1. The van der Waals surface area contributed by atoms with Crippen LogP contribution in [0.4, 0.5) is 0 Å². The average Bonchev–Trinajstić information content (AvgIpc) is 2.93. The molecule has 2 aromatic heterocycles. The molecule has 0 saturated carbocycles. The van der Waals surface area contributed by atoms with Crippen molar-refractivity contribution in [2.45, 2.75) is 0 Å². The fourth-order valence-corrected chi connectivity index (χ4v) is 4.01. The van der Waals surface area contributed by atoms with Crippen LogP contribution in [0.1, 0.15) is 0 Å². The van der Waals surface area contributed by atoms with Crippen LogP contribution in [0, 0.1) is 0 Å². The van der Waals surface area contributed by atoms with Crippen LogP contribution >= 0.6 is 0 Å². The van der Waals surface area contributed by atoms with E-state index >= 15 is 0 Å². The molecule has 170 valence electrons. The highest BCUT2D eigenvalue weighted by molar-refractivity contribution is 5.89. The summed E-state index contributed by atoms with van der Waals surface area (Å²) in [6.45, 7) is 0. The van der Waals surface area contributed by atoms with Crippen LogP contribution in [-0.2, 0) is 0 Å². The van der Waals surface area contributed by atoms with Crippen molar-refractivity contribution < 1.29 is 9.84 Å². The van der Waals surface area contributed by atoms with E-state index in [1.54, 1.807) is 31.6 Å². The summed E-state index contributed by atoms with van der Waals surface area (Å²) in [5, 5.41) is 13.9. The van der Waals surface area contributed by atoms with E-state index in [1.807, 2.05) is 60.9 Å². The molecule has 4 aromatic carbocycles. The van der Waals surface area contributed by atoms with Crippen molar-refractivity contribution in [1.82, 2.24) is 9.97 Å². The molecule has 4 nitrogen and oxygen atoms in total. The average molecular weight is 457 g/mol. The summed E-state index contributed by atoms with van der Waals surface area (Å²) in [6, 6.07) is 32.0. The molecular weight excluding hydrogens is 432 g/mol. The molecule has 0 aliphatic carbocycles. The summed E-state index contributed by atoms with van der Waals surface area (Å²) in [4.78, 5) is 8.26. The third-order valence-electron chi connectivity index (χ3n) is 5.86. The summed E-state index contributed by atoms with van der Waals surface area (Å²) < 4.78 is 5.23. The van der Waals surface area contributed by atoms with Crippen LogP contribution in [-0.4, -0.2) is 22.2 Å². The van der Waals surface area contributed by atoms with Gasteiger partial charge in [-0.3, -0.25) is 9.97 Å². The lowest BCUT2D eigenvalue weighted by atomic mass is 10.0. The SMILES string of the molecule is COc1ccc2cc(-c3cccnc3)ccc2c1.Oc1ccc2cc(-c3cccnc3)ccc2c1. The van der Waals surface area contributed by atoms with Gasteiger partial charge in [0.2, 0.25) is 0 Å². The Morgan fingerprint density at radius 3 is 1.60 bits per heavy atom. The number of fused-ring (bicyclic) bond motifs is 2. The van der Waals surface area contributed by atoms with Crippen molar-refractivity contribution in [3.8, 4) is 33.8 Å². The molecule has 0 atom stereocenters. The maximum Gasteiger partial charge on any atom is 0.119 e. The molecule has 1 N–H and O–H groups in total. The van der Waals surface area contributed by atoms with Crippen molar-refractivity contribution >= 4 is 21.5 Å². The molecule has 4 heteroatoms. The number of aromatic nitrogens is 2. The van der Waals surface area contributed by atoms with Crippen molar-refractivity contribution in [3.05, 3.63) is 122 Å². The Morgan fingerprint density at radius 2 is 1.06 bits per heavy atom. The number of nitrogens with zero attached hydrogens (tertiary/aromatic N) is 2. The number of hydrogen-bond donors (Lipinski definition) is 1. The van der Waals surface area contributed by atoms with E-state index in [0.29, 0.717) is 5.75 Å². The van der Waals surface area contributed by atoms with Crippen LogP contribution in [0.25, 0.3) is 43.8 Å². The van der Waals surface area contributed by atoms with Gasteiger partial charge in [0.1, 0.15) is 11.5 Å². The van der Waals surface area contributed by atoms with Gasteiger partial charge in [-0.1, -0.05) is 48.5 Å². The zero-order chi connectivity index (χ0) is 24.0. The number of phenols is 1. The number of phenolic OH excluding ortho intramolecular Hbond substituents is 1. The Kier molecular flexibility index (Phi) is 6.35. The fourth-order valence-electron chi connectivity index (χ4n) is 4.01. The highest BCUT2D eigenvalue weighted by atomic mass is 16.5. The van der Waals surface area contributed by atoms with E-state index in [2.05, 4.69) is 46.4 Å². The van der Waals surface area contributed by atoms with E-state index in [4.69, 9.17) is 4.74 Å². The molecule has 6 aromatic rings. The normalized spacial score (nSPS) is 10.5. The Labute approximate surface area is 204 Å². The molecule has 0 aliphatic rings. The quantitative estimate of drug-likeness (QED) is 0.299. The van der Waals surface area contributed by atoms with Crippen molar-refractivity contribution in [1.29, 1.82) is 0 Å². The zero-order valence-electron chi connectivity index (χ0n) is 19.3. The second-order valence-electron chi connectivity index (χ2n) is 8.16. The molecule has 35 heavy (non-hydrogen) atoms. The standard InChI is InChI=1S/C16H13NO.C15H11NO/c1-18-16-7-6-12-9-13(4-5-14(12)10-16)15-3-2-8-17-11-15;17-15-6-5-11-8-12(3-4-13(11)9-15)14-2-1-7-16-10-14/h2-11H,1H3;1-10,17H. The number of ether oxygens (including phenoxy) is 1. The van der Waals surface area contributed by atoms with E-state index in [-0.39, 0.29) is 0 Å². The van der Waals surface area contributed by atoms with E-state index in [9.17, 15) is 5.11 Å². The van der Waals surface area contributed by atoms with Crippen LogP contribution in [0.2, 0.25) is 0 Å². The maximum atomic E-state index is 9.41. The molecule has 0 spiro atoms. The van der Waals surface area contributed by atoms with Crippen molar-refractivity contribution in [2.75, 3.05) is 7.11 Å². The Bertz CT molecular complexity index is 1580. The molecule has 6 rings (SSSR count). The van der Waals surface area contributed by atoms with Gasteiger partial charge in [-0.05, 0) is 81.2 Å². The molecular formula is C31H24N2O2. The first-order chi connectivity index (χ1) is 17.2. The predicted octanol–water partition coefficient (Wildman–Crippen LogP) is 7.52. The van der Waals surface area contributed by atoms with E-state index in [0.717, 1.165) is 33.2 Å². The third kappa shape index (κ3) is 5.12. The van der Waals surface area contributed by atoms with Gasteiger partial charge in [-0.25, -0.2) is 0 Å². The topological polar surface area (TPSA) is 55.2 Å². The van der Waals surface area contributed by atoms with Gasteiger partial charge in [0.05, 0.1) is 7.11 Å². The van der Waals surface area contributed by atoms with Crippen LogP contribution in [0.15, 0.2) is 122 Å². The fraction of sp³-hybridized carbons (Fsp3) is 0.0323. The number of methoxy groups -OCH3 is 1. The maximum absolute atomic E-state index is 9.41. The number of rotatable bonds is 3. The molecule has 0 aliphatic heterocycles. The molecule has 2 heterocycles. The third-order valence-corrected chi connectivity index (χ3v) is 5.86. The minimum atomic E-state index is 0.298. The molecule has 0 saturated heterocycles. The van der Waals surface area contributed by atoms with Gasteiger partial charge in [0.25, 0.3) is 0 Å². The van der Waals surface area contributed by atoms with Gasteiger partial charge in [0, 0.05) is 35.9 Å². The predicted molar refractivity (Wildman–Crippen MR) is 143 cm³/mol. The monoisotopic (exact) mass is 456 g/mol. The summed E-state index contributed by atoms with van der Waals surface area (Å²) >= 11 is 0. The highest BCUT2D eigenvalue weighted by Crippen LogP contribution is 2.27. The van der Waals surface area contributed by atoms with Crippen molar-refractivity contribution in [3.63, 3.8) is 0 Å². The molecule has 0 unspecified atom stereocenters. The lowest BCUT2D eigenvalue weighted by Crippen LogP contribution is -1.83. The summed E-state index contributed by atoms with van der Waals surface area (Å²) in [5.41, 5.74) is 4.55. The number of benzene rings is 4. The number of pyridine rings is 2. The van der Waals surface area contributed by atoms with E-state index in [1.165, 1.54) is 16.3 Å². The lowest BCUT2D eigenvalue weighted by molar-refractivity contribution is 0.415. The summed E-state index contributed by atoms with van der Waals surface area (Å²) in [6.07, 6.45) is 7.28. The molecule has 0 amide bonds. The smallest absolute Gasteiger partial charge is 0.119 e. The second-order valence-corrected chi connectivity index (χ2v) is 8.16. The van der Waals surface area contributed by atoms with Crippen LogP contribution in [0.5, 0.6) is 11.5 Å². The van der Waals surface area contributed by atoms with Gasteiger partial charge in [-0.15, -0.1) is 0 Å². The summed E-state index contributed by atoms with van der Waals surface area (Å²) in [7, 11) is 1.69. The first-order valence-electron chi connectivity index (χ1n) is 11.3. The van der Waals surface area contributed by atoms with Gasteiger partial charge >= 0.3 is 0 Å². The minimum Gasteiger partial charge on any atom is -0.508 e. The van der Waals surface area contributed by atoms with Gasteiger partial charge < -0.3 is 9.84 Å². The van der Waals surface area contributed by atoms with Gasteiger partial charge in [0.15, 0.2) is 0 Å². The highest BCUT2D eigenvalue weighted by Gasteiger charge is 2.02. The first-order valence-corrected chi connectivity index (χ1v) is 11.3. The largest absolute Gasteiger partial charge is 0.508 e. The molecule has 0 bridgehead atoms. The Balaban J connectivity index is 0.000000145. The van der Waals surface area contributed by atoms with Crippen LogP contribution in [0.3, 0.4) is 0 Å². The van der Waals surface area contributed by atoms with Crippen LogP contribution < -0.4 is 4.74 Å². The van der Waals surface area contributed by atoms with Crippen molar-refractivity contribution in [2.24, 2.45) is 0 Å². The Hall–Kier alpha value is -4.70. The molecule has 0 radical (unpaired) electrons. The van der Waals surface area contributed by atoms with Gasteiger partial charge in [-0.2, -0.15) is 0 Å². The molecule has 0 fully saturated rings. The number of hydrogen-bond acceptors (Lipinski definition) is 4. The Morgan fingerprint density at radius 1 is 0.543 bits per heavy atom. The lowest BCUT2D eigenvalue weighted by Gasteiger charge is -2.05. The number of aromatic hydroxyl groups is 1.